The summed E-state index contributed by atoms with van der Waals surface area (Å²) in [6.07, 6.45) is 2.69. The molecule has 0 atom stereocenters. The third-order valence-corrected chi connectivity index (χ3v) is 7.40. The van der Waals surface area contributed by atoms with E-state index in [1.54, 1.807) is 6.07 Å². The van der Waals surface area contributed by atoms with Gasteiger partial charge in [0.15, 0.2) is 5.78 Å². The number of aryl methyl sites for hydroxylation is 3. The first-order chi connectivity index (χ1) is 15.7. The van der Waals surface area contributed by atoms with Crippen LogP contribution in [0.4, 0.5) is 0 Å². The van der Waals surface area contributed by atoms with E-state index < -0.39 is 5.60 Å². The van der Waals surface area contributed by atoms with Crippen molar-refractivity contribution in [2.24, 2.45) is 0 Å². The van der Waals surface area contributed by atoms with Crippen LogP contribution in [0.3, 0.4) is 0 Å². The summed E-state index contributed by atoms with van der Waals surface area (Å²) in [6, 6.07) is 7.34. The Kier molecular flexibility index (Phi) is 6.92. The third-order valence-electron chi connectivity index (χ3n) is 6.58. The van der Waals surface area contributed by atoms with Crippen molar-refractivity contribution in [3.05, 3.63) is 56.6 Å². The van der Waals surface area contributed by atoms with Crippen molar-refractivity contribution < 1.29 is 19.1 Å². The molecule has 2 aliphatic heterocycles. The molecule has 4 rings (SSSR count). The van der Waals surface area contributed by atoms with Gasteiger partial charge in [-0.05, 0) is 68.1 Å². The van der Waals surface area contributed by atoms with Gasteiger partial charge in [0.25, 0.3) is 0 Å². The molecule has 0 unspecified atom stereocenters. The minimum Gasteiger partial charge on any atom is -0.494 e. The predicted octanol–water partition coefficient (Wildman–Crippen LogP) is 6.10. The third kappa shape index (κ3) is 5.15. The zero-order chi connectivity index (χ0) is 23.8. The van der Waals surface area contributed by atoms with Crippen LogP contribution in [0.15, 0.2) is 24.3 Å². The van der Waals surface area contributed by atoms with Crippen LogP contribution in [0.1, 0.15) is 59.2 Å². The van der Waals surface area contributed by atoms with Crippen LogP contribution < -0.4 is 9.47 Å². The van der Waals surface area contributed by atoms with E-state index in [9.17, 15) is 9.59 Å². The lowest BCUT2D eigenvalue weighted by molar-refractivity contribution is -0.135. The van der Waals surface area contributed by atoms with E-state index >= 15 is 0 Å². The lowest BCUT2D eigenvalue weighted by Crippen LogP contribution is -2.52. The maximum atomic E-state index is 12.8. The molecule has 0 bridgehead atoms. The number of hydrogen-bond donors (Lipinski definition) is 0. The molecular formula is C26H29Cl2NO4. The average molecular weight is 490 g/mol. The summed E-state index contributed by atoms with van der Waals surface area (Å²) in [7, 11) is 0. The highest BCUT2D eigenvalue weighted by molar-refractivity contribution is 6.32. The molecule has 1 fully saturated rings. The van der Waals surface area contributed by atoms with Crippen LogP contribution in [0.2, 0.25) is 10.0 Å². The monoisotopic (exact) mass is 489 g/mol. The number of carbonyl (C=O) groups excluding carboxylic acids is 2. The lowest BCUT2D eigenvalue weighted by atomic mass is 9.82. The van der Waals surface area contributed by atoms with Gasteiger partial charge in [0.05, 0.1) is 18.6 Å². The van der Waals surface area contributed by atoms with Crippen molar-refractivity contribution in [1.82, 2.24) is 4.90 Å². The van der Waals surface area contributed by atoms with Crippen molar-refractivity contribution in [1.29, 1.82) is 0 Å². The Morgan fingerprint density at radius 3 is 2.39 bits per heavy atom. The molecule has 2 aliphatic rings. The quantitative estimate of drug-likeness (QED) is 0.475. The maximum Gasteiger partial charge on any atom is 0.222 e. The molecule has 1 saturated heterocycles. The number of hydrogen-bond acceptors (Lipinski definition) is 4. The summed E-state index contributed by atoms with van der Waals surface area (Å²) in [4.78, 5) is 27.4. The Morgan fingerprint density at radius 2 is 1.73 bits per heavy atom. The molecule has 176 valence electrons. The van der Waals surface area contributed by atoms with E-state index in [0.29, 0.717) is 68.1 Å². The summed E-state index contributed by atoms with van der Waals surface area (Å²) in [5.74, 6) is 1.59. The number of rotatable bonds is 5. The van der Waals surface area contributed by atoms with Gasteiger partial charge in [-0.1, -0.05) is 23.2 Å². The topological polar surface area (TPSA) is 55.8 Å². The van der Waals surface area contributed by atoms with Crippen LogP contribution >= 0.6 is 23.2 Å². The van der Waals surface area contributed by atoms with Crippen LogP contribution in [0.5, 0.6) is 11.5 Å². The van der Waals surface area contributed by atoms with Gasteiger partial charge in [-0.2, -0.15) is 0 Å². The molecule has 0 radical (unpaired) electrons. The van der Waals surface area contributed by atoms with E-state index in [-0.39, 0.29) is 11.7 Å². The molecule has 2 heterocycles. The second-order valence-corrected chi connectivity index (χ2v) is 10.0. The molecule has 0 aliphatic carbocycles. The SMILES string of the molecule is Cc1cc(OCCCC(=O)N2CCC3(CC2)CC(=O)c2cc(Cl)cc(C)c2O3)cc(C)c1Cl. The zero-order valence-electron chi connectivity index (χ0n) is 19.3. The summed E-state index contributed by atoms with van der Waals surface area (Å²) in [6.45, 7) is 7.46. The number of piperidine rings is 1. The molecule has 2 aromatic carbocycles. The van der Waals surface area contributed by atoms with Gasteiger partial charge in [0.2, 0.25) is 5.91 Å². The molecule has 2 aromatic rings. The van der Waals surface area contributed by atoms with Gasteiger partial charge in [0.1, 0.15) is 17.1 Å². The summed E-state index contributed by atoms with van der Waals surface area (Å²) < 4.78 is 12.2. The fourth-order valence-electron chi connectivity index (χ4n) is 4.72. The van der Waals surface area contributed by atoms with Crippen molar-refractivity contribution >= 4 is 34.9 Å². The van der Waals surface area contributed by atoms with Gasteiger partial charge in [-0.3, -0.25) is 9.59 Å². The fourth-order valence-corrected chi connectivity index (χ4v) is 5.10. The molecular weight excluding hydrogens is 461 g/mol. The smallest absolute Gasteiger partial charge is 0.222 e. The highest BCUT2D eigenvalue weighted by Crippen LogP contribution is 2.42. The number of Topliss-reactive ketones (excluding diaryl/α,β-unsaturated/α-hetero) is 1. The van der Waals surface area contributed by atoms with Crippen molar-refractivity contribution in [3.63, 3.8) is 0 Å². The average Bonchev–Trinajstić information content (AvgIpc) is 2.76. The fraction of sp³-hybridized carbons (Fsp3) is 0.462. The van der Waals surface area contributed by atoms with Crippen LogP contribution in [-0.4, -0.2) is 41.9 Å². The number of fused-ring (bicyclic) bond motifs is 1. The van der Waals surface area contributed by atoms with Crippen molar-refractivity contribution in [2.75, 3.05) is 19.7 Å². The van der Waals surface area contributed by atoms with E-state index in [4.69, 9.17) is 32.7 Å². The Balaban J connectivity index is 1.27. The molecule has 5 nitrogen and oxygen atoms in total. The van der Waals surface area contributed by atoms with Gasteiger partial charge >= 0.3 is 0 Å². The van der Waals surface area contributed by atoms with E-state index in [0.717, 1.165) is 27.5 Å². The predicted molar refractivity (Wildman–Crippen MR) is 130 cm³/mol. The number of ketones is 1. The molecule has 0 N–H and O–H groups in total. The molecule has 0 saturated carbocycles. The minimum absolute atomic E-state index is 0.0615. The summed E-state index contributed by atoms with van der Waals surface area (Å²) in [5.41, 5.74) is 2.86. The van der Waals surface area contributed by atoms with Crippen LogP contribution in [-0.2, 0) is 4.79 Å². The maximum absolute atomic E-state index is 12.8. The molecule has 1 amide bonds. The van der Waals surface area contributed by atoms with Gasteiger partial charge in [0, 0.05) is 42.4 Å². The molecule has 0 aromatic heterocycles. The summed E-state index contributed by atoms with van der Waals surface area (Å²) >= 11 is 12.3. The molecule has 33 heavy (non-hydrogen) atoms. The summed E-state index contributed by atoms with van der Waals surface area (Å²) in [5, 5.41) is 1.30. The van der Waals surface area contributed by atoms with Crippen LogP contribution in [0, 0.1) is 20.8 Å². The highest BCUT2D eigenvalue weighted by atomic mass is 35.5. The standard InChI is InChI=1S/C26H29Cl2NO4/c1-16-12-20(13-17(2)24(16)28)32-10-4-5-23(31)29-8-6-26(7-9-29)15-22(30)21-14-19(27)11-18(3)25(21)33-26/h11-14H,4-10,15H2,1-3H3. The number of halogens is 2. The molecule has 1 spiro atoms. The van der Waals surface area contributed by atoms with Crippen molar-refractivity contribution in [2.45, 2.75) is 58.5 Å². The van der Waals surface area contributed by atoms with Gasteiger partial charge in [-0.25, -0.2) is 0 Å². The second kappa shape index (κ2) is 9.55. The first-order valence-corrected chi connectivity index (χ1v) is 12.1. The second-order valence-electron chi connectivity index (χ2n) is 9.19. The zero-order valence-corrected chi connectivity index (χ0v) is 20.8. The Morgan fingerprint density at radius 1 is 1.06 bits per heavy atom. The highest BCUT2D eigenvalue weighted by Gasteiger charge is 2.44. The first-order valence-electron chi connectivity index (χ1n) is 11.4. The van der Waals surface area contributed by atoms with Crippen LogP contribution in [0.25, 0.3) is 0 Å². The van der Waals surface area contributed by atoms with Gasteiger partial charge in [-0.15, -0.1) is 0 Å². The minimum atomic E-state index is -0.535. The number of carbonyl (C=O) groups is 2. The van der Waals surface area contributed by atoms with E-state index in [1.165, 1.54) is 0 Å². The van der Waals surface area contributed by atoms with Crippen molar-refractivity contribution in [3.8, 4) is 11.5 Å². The Bertz CT molecular complexity index is 1070. The van der Waals surface area contributed by atoms with Gasteiger partial charge < -0.3 is 14.4 Å². The number of benzene rings is 2. The lowest BCUT2D eigenvalue weighted by Gasteiger charge is -2.44. The number of ether oxygens (including phenoxy) is 2. The van der Waals surface area contributed by atoms with E-state index in [1.807, 2.05) is 43.9 Å². The normalized spacial score (nSPS) is 17.0. The number of nitrogens with zero attached hydrogens (tertiary/aromatic N) is 1. The largest absolute Gasteiger partial charge is 0.494 e. The molecule has 7 heteroatoms. The number of amides is 1. The first kappa shape index (κ1) is 23.9. The van der Waals surface area contributed by atoms with E-state index in [2.05, 4.69) is 0 Å². The Hall–Kier alpha value is -2.24. The Labute approximate surface area is 205 Å². The number of likely N-dealkylation sites (tertiary alicyclic amines) is 1.